The molecule has 0 aromatic carbocycles. The molecule has 0 saturated heterocycles. The van der Waals surface area contributed by atoms with E-state index < -0.39 is 6.09 Å². The van der Waals surface area contributed by atoms with Crippen molar-refractivity contribution < 1.29 is 9.90 Å². The third kappa shape index (κ3) is 2.04. The summed E-state index contributed by atoms with van der Waals surface area (Å²) >= 11 is 0. The molecule has 0 aromatic rings. The minimum atomic E-state index is -0.719. The lowest BCUT2D eigenvalue weighted by Gasteiger charge is -2.62. The predicted molar refractivity (Wildman–Crippen MR) is 73.9 cm³/mol. The van der Waals surface area contributed by atoms with E-state index in [1.807, 2.05) is 0 Å². The van der Waals surface area contributed by atoms with Crippen LogP contribution in [0.3, 0.4) is 0 Å². The molecule has 4 aliphatic carbocycles. The zero-order valence-electron chi connectivity index (χ0n) is 11.8. The number of carbonyl (C=O) groups is 1. The first-order chi connectivity index (χ1) is 9.05. The highest BCUT2D eigenvalue weighted by atomic mass is 16.4. The average molecular weight is 266 g/mol. The molecule has 4 heteroatoms. The number of hydrogen-bond acceptors (Lipinski definition) is 2. The quantitative estimate of drug-likeness (QED) is 0.822. The molecule has 0 aliphatic heterocycles. The highest BCUT2D eigenvalue weighted by molar-refractivity contribution is 5.66. The summed E-state index contributed by atoms with van der Waals surface area (Å²) in [6.45, 7) is 2.82. The van der Waals surface area contributed by atoms with Crippen molar-refractivity contribution in [2.45, 2.75) is 63.5 Å². The number of unbranched alkanes of at least 4 members (excludes halogenated alkanes) is 1. The van der Waals surface area contributed by atoms with Gasteiger partial charge in [-0.3, -0.25) is 0 Å². The van der Waals surface area contributed by atoms with Crippen molar-refractivity contribution in [3.63, 3.8) is 0 Å². The predicted octanol–water partition coefficient (Wildman–Crippen LogP) is 2.67. The van der Waals surface area contributed by atoms with Crippen LogP contribution >= 0.6 is 0 Å². The van der Waals surface area contributed by atoms with Gasteiger partial charge in [0, 0.05) is 18.1 Å². The van der Waals surface area contributed by atoms with Crippen molar-refractivity contribution in [3.05, 3.63) is 0 Å². The molecular formula is C15H26N2O2. The molecule has 4 bridgehead atoms. The Hall–Kier alpha value is -0.770. The standard InChI is InChI=1S/C15H26N2O2/c1-2-3-4-17(14(18)19)15-7-10-5-11(8-15)13(16)12(6-10)9-15/h10-13H,2-9,16H2,1H3,(H,18,19). The van der Waals surface area contributed by atoms with Crippen molar-refractivity contribution in [1.29, 1.82) is 0 Å². The van der Waals surface area contributed by atoms with E-state index in [1.165, 1.54) is 12.8 Å². The fourth-order valence-electron chi connectivity index (χ4n) is 5.20. The lowest BCUT2D eigenvalue weighted by molar-refractivity contribution is -0.0880. The summed E-state index contributed by atoms with van der Waals surface area (Å²) in [7, 11) is 0. The summed E-state index contributed by atoms with van der Waals surface area (Å²) in [6.07, 6.45) is 6.89. The second kappa shape index (κ2) is 4.65. The van der Waals surface area contributed by atoms with E-state index in [9.17, 15) is 9.90 Å². The first kappa shape index (κ1) is 13.2. The molecule has 2 atom stereocenters. The maximum Gasteiger partial charge on any atom is 0.407 e. The van der Waals surface area contributed by atoms with E-state index in [0.717, 1.165) is 38.0 Å². The normalized spacial score (nSPS) is 43.5. The Labute approximate surface area is 115 Å². The maximum atomic E-state index is 11.7. The molecular weight excluding hydrogens is 240 g/mol. The zero-order valence-corrected chi connectivity index (χ0v) is 11.8. The van der Waals surface area contributed by atoms with Crippen LogP contribution in [0.4, 0.5) is 4.79 Å². The Balaban J connectivity index is 1.84. The van der Waals surface area contributed by atoms with E-state index in [-0.39, 0.29) is 5.54 Å². The Morgan fingerprint density at radius 2 is 1.95 bits per heavy atom. The van der Waals surface area contributed by atoms with Crippen molar-refractivity contribution in [2.75, 3.05) is 6.54 Å². The van der Waals surface area contributed by atoms with Gasteiger partial charge in [-0.25, -0.2) is 4.79 Å². The summed E-state index contributed by atoms with van der Waals surface area (Å²) < 4.78 is 0. The SMILES string of the molecule is CCCCN(C(=O)O)C12CC3CC(C1)C(N)C(C3)C2. The third-order valence-electron chi connectivity index (χ3n) is 5.85. The van der Waals surface area contributed by atoms with Gasteiger partial charge in [0.25, 0.3) is 0 Å². The van der Waals surface area contributed by atoms with E-state index >= 15 is 0 Å². The van der Waals surface area contributed by atoms with Crippen molar-refractivity contribution in [2.24, 2.45) is 23.5 Å². The number of hydrogen-bond donors (Lipinski definition) is 2. The molecule has 108 valence electrons. The molecule has 4 rings (SSSR count). The monoisotopic (exact) mass is 266 g/mol. The van der Waals surface area contributed by atoms with Crippen molar-refractivity contribution in [3.8, 4) is 0 Å². The van der Waals surface area contributed by atoms with E-state index in [1.54, 1.807) is 4.90 Å². The summed E-state index contributed by atoms with van der Waals surface area (Å²) in [6, 6.07) is 0.325. The lowest BCUT2D eigenvalue weighted by Crippen LogP contribution is -2.66. The first-order valence-corrected chi connectivity index (χ1v) is 7.82. The Bertz CT molecular complexity index is 355. The number of amides is 1. The summed E-state index contributed by atoms with van der Waals surface area (Å²) in [5, 5.41) is 9.62. The molecule has 4 nitrogen and oxygen atoms in total. The van der Waals surface area contributed by atoms with Gasteiger partial charge in [0.2, 0.25) is 0 Å². The maximum absolute atomic E-state index is 11.7. The van der Waals surface area contributed by atoms with Gasteiger partial charge in [-0.1, -0.05) is 13.3 Å². The minimum absolute atomic E-state index is 0.0760. The van der Waals surface area contributed by atoms with Gasteiger partial charge in [-0.2, -0.15) is 0 Å². The van der Waals surface area contributed by atoms with Crippen LogP contribution in [0.1, 0.15) is 51.9 Å². The fraction of sp³-hybridized carbons (Fsp3) is 0.933. The molecule has 4 fully saturated rings. The van der Waals surface area contributed by atoms with E-state index in [2.05, 4.69) is 6.92 Å². The van der Waals surface area contributed by atoms with Crippen LogP contribution < -0.4 is 5.73 Å². The second-order valence-electron chi connectivity index (χ2n) is 7.06. The van der Waals surface area contributed by atoms with E-state index in [0.29, 0.717) is 24.4 Å². The van der Waals surface area contributed by atoms with Gasteiger partial charge in [-0.15, -0.1) is 0 Å². The van der Waals surface area contributed by atoms with Gasteiger partial charge in [0.05, 0.1) is 0 Å². The average Bonchev–Trinajstić information content (AvgIpc) is 2.34. The molecule has 0 heterocycles. The lowest BCUT2D eigenvalue weighted by atomic mass is 9.50. The molecule has 0 spiro atoms. The topological polar surface area (TPSA) is 66.6 Å². The Kier molecular flexibility index (Phi) is 3.24. The van der Waals surface area contributed by atoms with Crippen LogP contribution in [0, 0.1) is 17.8 Å². The molecule has 3 N–H and O–H groups in total. The number of nitrogens with zero attached hydrogens (tertiary/aromatic N) is 1. The van der Waals surface area contributed by atoms with Gasteiger partial charge in [0.1, 0.15) is 0 Å². The van der Waals surface area contributed by atoms with Crippen LogP contribution in [0.5, 0.6) is 0 Å². The highest BCUT2D eigenvalue weighted by Crippen LogP contribution is 2.57. The largest absolute Gasteiger partial charge is 0.465 e. The van der Waals surface area contributed by atoms with Crippen LogP contribution in [-0.4, -0.2) is 34.2 Å². The summed E-state index contributed by atoms with van der Waals surface area (Å²) in [5.74, 6) is 1.85. The van der Waals surface area contributed by atoms with E-state index in [4.69, 9.17) is 5.73 Å². The number of rotatable bonds is 4. The first-order valence-electron chi connectivity index (χ1n) is 7.82. The van der Waals surface area contributed by atoms with Gasteiger partial charge >= 0.3 is 6.09 Å². The van der Waals surface area contributed by atoms with Crippen molar-refractivity contribution >= 4 is 6.09 Å². The van der Waals surface area contributed by atoms with Crippen LogP contribution in [0.15, 0.2) is 0 Å². The number of nitrogens with two attached hydrogens (primary N) is 1. The van der Waals surface area contributed by atoms with Gasteiger partial charge in [-0.05, 0) is 56.3 Å². The Morgan fingerprint density at radius 1 is 1.32 bits per heavy atom. The van der Waals surface area contributed by atoms with Gasteiger partial charge in [0.15, 0.2) is 0 Å². The highest BCUT2D eigenvalue weighted by Gasteiger charge is 2.57. The molecule has 4 aliphatic rings. The molecule has 0 aromatic heterocycles. The number of carboxylic acid groups (broad SMARTS) is 1. The molecule has 4 saturated carbocycles. The van der Waals surface area contributed by atoms with Gasteiger partial charge < -0.3 is 15.7 Å². The molecule has 0 radical (unpaired) electrons. The van der Waals surface area contributed by atoms with Crippen LogP contribution in [0.25, 0.3) is 0 Å². The van der Waals surface area contributed by atoms with Crippen LogP contribution in [-0.2, 0) is 0 Å². The summed E-state index contributed by atoms with van der Waals surface area (Å²) in [5.41, 5.74) is 6.26. The molecule has 1 amide bonds. The molecule has 2 unspecified atom stereocenters. The summed E-state index contributed by atoms with van der Waals surface area (Å²) in [4.78, 5) is 13.5. The fourth-order valence-corrected chi connectivity index (χ4v) is 5.20. The Morgan fingerprint density at radius 3 is 2.47 bits per heavy atom. The third-order valence-corrected chi connectivity index (χ3v) is 5.85. The van der Waals surface area contributed by atoms with Crippen molar-refractivity contribution in [1.82, 2.24) is 4.90 Å². The van der Waals surface area contributed by atoms with Crippen LogP contribution in [0.2, 0.25) is 0 Å². The zero-order chi connectivity index (χ0) is 13.6. The smallest absolute Gasteiger partial charge is 0.407 e. The minimum Gasteiger partial charge on any atom is -0.465 e. The second-order valence-corrected chi connectivity index (χ2v) is 7.06. The molecule has 19 heavy (non-hydrogen) atoms.